The number of pyridine rings is 1. The summed E-state index contributed by atoms with van der Waals surface area (Å²) in [5, 5.41) is 11.4. The SMILES string of the molecule is COc1ccccc1C1/C(=C(\O)c2ccc3c(c2)CCCC3)C(=O)C(=O)N1Cc1ccncc1. The highest BCUT2D eigenvalue weighted by atomic mass is 16.5. The average Bonchev–Trinajstić information content (AvgIpc) is 3.13. The van der Waals surface area contributed by atoms with Crippen LogP contribution in [0.2, 0.25) is 0 Å². The molecule has 2 aromatic carbocycles. The molecule has 2 heterocycles. The number of amides is 1. The Morgan fingerprint density at radius 2 is 1.76 bits per heavy atom. The minimum absolute atomic E-state index is 0.0827. The van der Waals surface area contributed by atoms with E-state index in [1.807, 2.05) is 48.5 Å². The molecule has 0 saturated carbocycles. The van der Waals surface area contributed by atoms with Crippen molar-refractivity contribution < 1.29 is 19.4 Å². The second kappa shape index (κ2) is 9.14. The van der Waals surface area contributed by atoms with Crippen LogP contribution in [0.5, 0.6) is 5.75 Å². The molecule has 1 unspecified atom stereocenters. The molecule has 6 heteroatoms. The monoisotopic (exact) mass is 454 g/mol. The van der Waals surface area contributed by atoms with Crippen molar-refractivity contribution in [1.29, 1.82) is 0 Å². The van der Waals surface area contributed by atoms with E-state index < -0.39 is 17.7 Å². The number of aryl methyl sites for hydroxylation is 2. The third-order valence-electron chi connectivity index (χ3n) is 6.70. The molecule has 1 N–H and O–H groups in total. The lowest BCUT2D eigenvalue weighted by Crippen LogP contribution is -2.29. The Morgan fingerprint density at radius 3 is 2.53 bits per heavy atom. The lowest BCUT2D eigenvalue weighted by atomic mass is 9.88. The van der Waals surface area contributed by atoms with Crippen LogP contribution in [0.15, 0.2) is 72.6 Å². The van der Waals surface area contributed by atoms with Gasteiger partial charge in [-0.05, 0) is 66.6 Å². The highest BCUT2D eigenvalue weighted by Crippen LogP contribution is 2.43. The van der Waals surface area contributed by atoms with Crippen molar-refractivity contribution in [1.82, 2.24) is 9.88 Å². The summed E-state index contributed by atoms with van der Waals surface area (Å²) >= 11 is 0. The molecule has 0 spiro atoms. The van der Waals surface area contributed by atoms with Crippen LogP contribution in [0.25, 0.3) is 5.76 Å². The minimum Gasteiger partial charge on any atom is -0.507 e. The van der Waals surface area contributed by atoms with Crippen LogP contribution in [0, 0.1) is 0 Å². The third-order valence-corrected chi connectivity index (χ3v) is 6.70. The van der Waals surface area contributed by atoms with E-state index in [9.17, 15) is 14.7 Å². The zero-order valence-electron chi connectivity index (χ0n) is 19.0. The van der Waals surface area contributed by atoms with Gasteiger partial charge in [0.05, 0.1) is 18.7 Å². The summed E-state index contributed by atoms with van der Waals surface area (Å²) in [6.45, 7) is 0.205. The molecule has 0 radical (unpaired) electrons. The summed E-state index contributed by atoms with van der Waals surface area (Å²) in [5.74, 6) is -0.947. The van der Waals surface area contributed by atoms with Gasteiger partial charge in [-0.15, -0.1) is 0 Å². The molecule has 6 nitrogen and oxygen atoms in total. The van der Waals surface area contributed by atoms with Crippen molar-refractivity contribution in [2.45, 2.75) is 38.3 Å². The molecule has 1 amide bonds. The van der Waals surface area contributed by atoms with Crippen LogP contribution in [-0.2, 0) is 29.0 Å². The van der Waals surface area contributed by atoms with E-state index in [2.05, 4.69) is 4.98 Å². The summed E-state index contributed by atoms with van der Waals surface area (Å²) in [4.78, 5) is 32.1. The smallest absolute Gasteiger partial charge is 0.295 e. The zero-order chi connectivity index (χ0) is 23.7. The summed E-state index contributed by atoms with van der Waals surface area (Å²) in [6.07, 6.45) is 7.53. The molecule has 172 valence electrons. The van der Waals surface area contributed by atoms with E-state index in [1.165, 1.54) is 16.0 Å². The Hall–Kier alpha value is -3.93. The molecule has 3 aromatic rings. The van der Waals surface area contributed by atoms with Gasteiger partial charge in [-0.3, -0.25) is 14.6 Å². The van der Waals surface area contributed by atoms with Crippen LogP contribution in [0.3, 0.4) is 0 Å². The van der Waals surface area contributed by atoms with Gasteiger partial charge in [0, 0.05) is 30.1 Å². The molecule has 34 heavy (non-hydrogen) atoms. The summed E-state index contributed by atoms with van der Waals surface area (Å²) in [6, 6.07) is 16.0. The van der Waals surface area contributed by atoms with Gasteiger partial charge < -0.3 is 14.7 Å². The highest BCUT2D eigenvalue weighted by molar-refractivity contribution is 6.46. The van der Waals surface area contributed by atoms with Gasteiger partial charge >= 0.3 is 0 Å². The summed E-state index contributed by atoms with van der Waals surface area (Å²) in [5.41, 5.74) is 4.60. The fourth-order valence-electron chi connectivity index (χ4n) is 4.98. The molecule has 1 aromatic heterocycles. The predicted molar refractivity (Wildman–Crippen MR) is 128 cm³/mol. The maximum absolute atomic E-state index is 13.3. The first-order valence-electron chi connectivity index (χ1n) is 11.5. The van der Waals surface area contributed by atoms with Crippen molar-refractivity contribution in [3.05, 3.63) is 100 Å². The second-order valence-electron chi connectivity index (χ2n) is 8.72. The number of nitrogens with zero attached hydrogens (tertiary/aromatic N) is 2. The first kappa shape index (κ1) is 21.9. The first-order valence-corrected chi connectivity index (χ1v) is 11.5. The third kappa shape index (κ3) is 3.85. The number of likely N-dealkylation sites (tertiary alicyclic amines) is 1. The van der Waals surface area contributed by atoms with E-state index in [4.69, 9.17) is 4.74 Å². The molecule has 1 aliphatic carbocycles. The Morgan fingerprint density at radius 1 is 1.03 bits per heavy atom. The van der Waals surface area contributed by atoms with Crippen LogP contribution in [-0.4, -0.2) is 33.8 Å². The number of carbonyl (C=O) groups excluding carboxylic acids is 2. The van der Waals surface area contributed by atoms with Crippen molar-refractivity contribution >= 4 is 17.4 Å². The van der Waals surface area contributed by atoms with Gasteiger partial charge in [-0.25, -0.2) is 0 Å². The van der Waals surface area contributed by atoms with Crippen molar-refractivity contribution in [3.8, 4) is 5.75 Å². The number of para-hydroxylation sites is 1. The van der Waals surface area contributed by atoms with E-state index in [-0.39, 0.29) is 17.9 Å². The molecule has 1 atom stereocenters. The van der Waals surface area contributed by atoms with Gasteiger partial charge in [0.1, 0.15) is 11.5 Å². The Bertz CT molecular complexity index is 1280. The first-order chi connectivity index (χ1) is 16.6. The molecule has 5 rings (SSSR count). The van der Waals surface area contributed by atoms with Gasteiger partial charge in [-0.2, -0.15) is 0 Å². The number of ether oxygens (including phenoxy) is 1. The van der Waals surface area contributed by atoms with Gasteiger partial charge in [0.25, 0.3) is 11.7 Å². The molecular formula is C28H26N2O4. The quantitative estimate of drug-likeness (QED) is 0.347. The van der Waals surface area contributed by atoms with Gasteiger partial charge in [-0.1, -0.05) is 30.3 Å². The topological polar surface area (TPSA) is 79.7 Å². The number of hydrogen-bond acceptors (Lipinski definition) is 5. The molecule has 0 bridgehead atoms. The number of aliphatic hydroxyl groups is 1. The maximum Gasteiger partial charge on any atom is 0.295 e. The number of rotatable bonds is 5. The number of hydrogen-bond donors (Lipinski definition) is 1. The lowest BCUT2D eigenvalue weighted by molar-refractivity contribution is -0.140. The molecule has 2 aliphatic rings. The standard InChI is InChI=1S/C28H26N2O4/c1-34-23-9-5-4-8-22(23)25-24(26(31)21-11-10-19-6-2-3-7-20(19)16-21)27(32)28(33)30(25)17-18-12-14-29-15-13-18/h4-5,8-16,25,31H,2-3,6-7,17H2,1H3/b26-24+. The number of Topliss-reactive ketones (excluding diaryl/α,β-unsaturated/α-hetero) is 1. The van der Waals surface area contributed by atoms with Crippen molar-refractivity contribution in [2.75, 3.05) is 7.11 Å². The fraction of sp³-hybridized carbons (Fsp3) is 0.250. The van der Waals surface area contributed by atoms with Gasteiger partial charge in [0.2, 0.25) is 0 Å². The Kier molecular flexibility index (Phi) is 5.88. The Balaban J connectivity index is 1.66. The number of methoxy groups -OCH3 is 1. The molecular weight excluding hydrogens is 428 g/mol. The molecule has 1 aliphatic heterocycles. The molecule has 1 saturated heterocycles. The Labute approximate surface area is 198 Å². The number of carbonyl (C=O) groups is 2. The zero-order valence-corrected chi connectivity index (χ0v) is 19.0. The van der Waals surface area contributed by atoms with Crippen LogP contribution < -0.4 is 4.74 Å². The van der Waals surface area contributed by atoms with Crippen LogP contribution >= 0.6 is 0 Å². The maximum atomic E-state index is 13.3. The lowest BCUT2D eigenvalue weighted by Gasteiger charge is -2.26. The van der Waals surface area contributed by atoms with Crippen molar-refractivity contribution in [2.24, 2.45) is 0 Å². The van der Waals surface area contributed by atoms with E-state index in [1.54, 1.807) is 25.6 Å². The van der Waals surface area contributed by atoms with E-state index >= 15 is 0 Å². The summed E-state index contributed by atoms with van der Waals surface area (Å²) < 4.78 is 5.57. The number of benzene rings is 2. The van der Waals surface area contributed by atoms with E-state index in [0.717, 1.165) is 31.2 Å². The fourth-order valence-corrected chi connectivity index (χ4v) is 4.98. The minimum atomic E-state index is -0.777. The molecule has 1 fully saturated rings. The van der Waals surface area contributed by atoms with Crippen molar-refractivity contribution in [3.63, 3.8) is 0 Å². The van der Waals surface area contributed by atoms with Crippen LogP contribution in [0.4, 0.5) is 0 Å². The largest absolute Gasteiger partial charge is 0.507 e. The number of ketones is 1. The second-order valence-corrected chi connectivity index (χ2v) is 8.72. The number of aliphatic hydroxyl groups excluding tert-OH is 1. The predicted octanol–water partition coefficient (Wildman–Crippen LogP) is 4.59. The summed E-state index contributed by atoms with van der Waals surface area (Å²) in [7, 11) is 1.55. The normalized spacial score (nSPS) is 19.2. The highest BCUT2D eigenvalue weighted by Gasteiger charge is 2.47. The van der Waals surface area contributed by atoms with Crippen LogP contribution in [0.1, 0.15) is 46.7 Å². The number of aromatic nitrogens is 1. The average molecular weight is 455 g/mol. The number of fused-ring (bicyclic) bond motifs is 1. The van der Waals surface area contributed by atoms with Gasteiger partial charge in [0.15, 0.2) is 0 Å². The van der Waals surface area contributed by atoms with E-state index in [0.29, 0.717) is 16.9 Å².